The van der Waals surface area contributed by atoms with E-state index in [1.165, 1.54) is 0 Å². The lowest BCUT2D eigenvalue weighted by Gasteiger charge is -2.31. The zero-order valence-corrected chi connectivity index (χ0v) is 16.3. The van der Waals surface area contributed by atoms with Crippen LogP contribution in [0.15, 0.2) is 36.7 Å². The number of likely N-dealkylation sites (tertiary alicyclic amines) is 1. The smallest absolute Gasteiger partial charge is 0.233 e. The molecule has 2 saturated heterocycles. The number of hydrogen-bond acceptors (Lipinski definition) is 8. The van der Waals surface area contributed by atoms with Gasteiger partial charge in [0.25, 0.3) is 0 Å². The maximum absolute atomic E-state index is 6.09. The maximum atomic E-state index is 6.09. The number of fused-ring (bicyclic) bond motifs is 1. The lowest BCUT2D eigenvalue weighted by Crippen LogP contribution is -2.37. The summed E-state index contributed by atoms with van der Waals surface area (Å²) in [6, 6.07) is 7.85. The fraction of sp³-hybridized carbons (Fsp3) is 0.450. The highest BCUT2D eigenvalue weighted by molar-refractivity contribution is 7.11. The van der Waals surface area contributed by atoms with Gasteiger partial charge in [0.15, 0.2) is 6.29 Å². The topological polar surface area (TPSA) is 69.6 Å². The Kier molecular flexibility index (Phi) is 5.18. The van der Waals surface area contributed by atoms with Crippen LogP contribution in [0.3, 0.4) is 0 Å². The SMILES string of the molecule is c1ccc2nc(OC3CCN(Cc4ncc(C5OCCO5)s4)CC3)cnc2c1. The van der Waals surface area contributed by atoms with Gasteiger partial charge in [0.1, 0.15) is 11.1 Å². The second kappa shape index (κ2) is 8.08. The number of hydrogen-bond donors (Lipinski definition) is 0. The van der Waals surface area contributed by atoms with Crippen molar-refractivity contribution in [3.63, 3.8) is 0 Å². The highest BCUT2D eigenvalue weighted by atomic mass is 32.1. The number of piperidine rings is 1. The zero-order chi connectivity index (χ0) is 18.8. The van der Waals surface area contributed by atoms with E-state index >= 15 is 0 Å². The summed E-state index contributed by atoms with van der Waals surface area (Å²) in [5.41, 5.74) is 1.76. The van der Waals surface area contributed by atoms with Crippen LogP contribution >= 0.6 is 11.3 Å². The molecule has 0 unspecified atom stereocenters. The Morgan fingerprint density at radius 1 is 1.04 bits per heavy atom. The molecule has 4 heterocycles. The number of rotatable bonds is 5. The molecule has 7 nitrogen and oxygen atoms in total. The van der Waals surface area contributed by atoms with E-state index < -0.39 is 0 Å². The summed E-state index contributed by atoms with van der Waals surface area (Å²) >= 11 is 1.68. The van der Waals surface area contributed by atoms with Gasteiger partial charge in [0, 0.05) is 19.3 Å². The minimum absolute atomic E-state index is 0.179. The van der Waals surface area contributed by atoms with E-state index in [1.807, 2.05) is 30.5 Å². The predicted molar refractivity (Wildman–Crippen MR) is 105 cm³/mol. The van der Waals surface area contributed by atoms with E-state index in [0.29, 0.717) is 19.1 Å². The molecule has 0 spiro atoms. The van der Waals surface area contributed by atoms with Crippen LogP contribution in [0.2, 0.25) is 0 Å². The van der Waals surface area contributed by atoms with Gasteiger partial charge in [-0.3, -0.25) is 4.90 Å². The number of ether oxygens (including phenoxy) is 3. The fourth-order valence-corrected chi connectivity index (χ4v) is 4.54. The lowest BCUT2D eigenvalue weighted by molar-refractivity contribution is -0.0414. The normalized spacial score (nSPS) is 19.4. The van der Waals surface area contributed by atoms with Crippen LogP contribution in [0.25, 0.3) is 11.0 Å². The van der Waals surface area contributed by atoms with Gasteiger partial charge >= 0.3 is 0 Å². The molecule has 1 aromatic carbocycles. The Hall–Kier alpha value is -2.13. The molecule has 3 aromatic rings. The molecular weight excluding hydrogens is 376 g/mol. The van der Waals surface area contributed by atoms with Crippen molar-refractivity contribution in [2.75, 3.05) is 26.3 Å². The molecular formula is C20H22N4O3S. The quantitative estimate of drug-likeness (QED) is 0.654. The van der Waals surface area contributed by atoms with Gasteiger partial charge in [0.05, 0.1) is 41.9 Å². The van der Waals surface area contributed by atoms with Gasteiger partial charge in [-0.2, -0.15) is 0 Å². The summed E-state index contributed by atoms with van der Waals surface area (Å²) in [6.45, 7) is 4.15. The van der Waals surface area contributed by atoms with Gasteiger partial charge in [-0.25, -0.2) is 15.0 Å². The summed E-state index contributed by atoms with van der Waals surface area (Å²) in [5.74, 6) is 0.610. The lowest BCUT2D eigenvalue weighted by atomic mass is 10.1. The van der Waals surface area contributed by atoms with E-state index in [1.54, 1.807) is 17.5 Å². The van der Waals surface area contributed by atoms with Crippen LogP contribution in [0.4, 0.5) is 0 Å². The van der Waals surface area contributed by atoms with Crippen LogP contribution in [0.5, 0.6) is 5.88 Å². The van der Waals surface area contributed by atoms with Crippen LogP contribution in [0.1, 0.15) is 29.0 Å². The third-order valence-corrected chi connectivity index (χ3v) is 6.04. The third-order valence-electron chi connectivity index (χ3n) is 5.03. The molecule has 0 atom stereocenters. The molecule has 0 amide bonds. The first-order chi connectivity index (χ1) is 13.8. The Bertz CT molecular complexity index is 936. The highest BCUT2D eigenvalue weighted by Gasteiger charge is 2.24. The van der Waals surface area contributed by atoms with Crippen molar-refractivity contribution < 1.29 is 14.2 Å². The first kappa shape index (κ1) is 17.9. The molecule has 8 heteroatoms. The van der Waals surface area contributed by atoms with Crippen molar-refractivity contribution in [3.05, 3.63) is 46.5 Å². The summed E-state index contributed by atoms with van der Waals surface area (Å²) in [4.78, 5) is 17.0. The van der Waals surface area contributed by atoms with Crippen molar-refractivity contribution in [2.24, 2.45) is 0 Å². The minimum atomic E-state index is -0.228. The first-order valence-corrected chi connectivity index (χ1v) is 10.4. The van der Waals surface area contributed by atoms with Gasteiger partial charge in [-0.15, -0.1) is 11.3 Å². The number of thiazole rings is 1. The third kappa shape index (κ3) is 4.00. The molecule has 2 aliphatic heterocycles. The van der Waals surface area contributed by atoms with E-state index in [-0.39, 0.29) is 12.4 Å². The predicted octanol–water partition coefficient (Wildman–Crippen LogP) is 3.18. The minimum Gasteiger partial charge on any atom is -0.473 e. The van der Waals surface area contributed by atoms with Crippen LogP contribution in [0, 0.1) is 0 Å². The fourth-order valence-electron chi connectivity index (χ4n) is 3.57. The Morgan fingerprint density at radius 3 is 2.64 bits per heavy atom. The maximum Gasteiger partial charge on any atom is 0.233 e. The summed E-state index contributed by atoms with van der Waals surface area (Å²) in [6.07, 6.45) is 5.50. The highest BCUT2D eigenvalue weighted by Crippen LogP contribution is 2.29. The second-order valence-corrected chi connectivity index (χ2v) is 8.17. The molecule has 0 aliphatic carbocycles. The number of nitrogens with zero attached hydrogens (tertiary/aromatic N) is 4. The van der Waals surface area contributed by atoms with Crippen molar-refractivity contribution in [1.82, 2.24) is 19.9 Å². The van der Waals surface area contributed by atoms with E-state index in [4.69, 9.17) is 14.2 Å². The molecule has 28 heavy (non-hydrogen) atoms. The Balaban J connectivity index is 1.14. The standard InChI is InChI=1S/C20H22N4O3S/c1-2-4-16-15(3-1)21-12-18(23-16)27-14-5-7-24(8-6-14)13-19-22-11-17(28-19)20-25-9-10-26-20/h1-4,11-12,14,20H,5-10,13H2. The van der Waals surface area contributed by atoms with Crippen molar-refractivity contribution in [2.45, 2.75) is 31.8 Å². The average Bonchev–Trinajstić information content (AvgIpc) is 3.41. The molecule has 0 saturated carbocycles. The van der Waals surface area contributed by atoms with Crippen molar-refractivity contribution >= 4 is 22.4 Å². The molecule has 5 rings (SSSR count). The molecule has 2 aromatic heterocycles. The van der Waals surface area contributed by atoms with Crippen molar-refractivity contribution in [1.29, 1.82) is 0 Å². The Labute approximate surface area is 167 Å². The molecule has 2 fully saturated rings. The molecule has 0 bridgehead atoms. The van der Waals surface area contributed by atoms with Gasteiger partial charge < -0.3 is 14.2 Å². The Morgan fingerprint density at radius 2 is 1.82 bits per heavy atom. The van der Waals surface area contributed by atoms with E-state index in [2.05, 4.69) is 19.9 Å². The second-order valence-electron chi connectivity index (χ2n) is 7.02. The molecule has 0 radical (unpaired) electrons. The summed E-state index contributed by atoms with van der Waals surface area (Å²) < 4.78 is 17.2. The van der Waals surface area contributed by atoms with Crippen molar-refractivity contribution in [3.8, 4) is 5.88 Å². The van der Waals surface area contributed by atoms with Gasteiger partial charge in [-0.05, 0) is 25.0 Å². The van der Waals surface area contributed by atoms with E-state index in [0.717, 1.165) is 53.4 Å². The van der Waals surface area contributed by atoms with Crippen LogP contribution < -0.4 is 4.74 Å². The largest absolute Gasteiger partial charge is 0.473 e. The number of benzene rings is 1. The van der Waals surface area contributed by atoms with Crippen LogP contribution in [-0.2, 0) is 16.0 Å². The summed E-state index contributed by atoms with van der Waals surface area (Å²) in [7, 11) is 0. The molecule has 0 N–H and O–H groups in total. The van der Waals surface area contributed by atoms with E-state index in [9.17, 15) is 0 Å². The number of para-hydroxylation sites is 2. The average molecular weight is 398 g/mol. The van der Waals surface area contributed by atoms with Crippen LogP contribution in [-0.4, -0.2) is 52.3 Å². The monoisotopic (exact) mass is 398 g/mol. The zero-order valence-electron chi connectivity index (χ0n) is 15.5. The summed E-state index contributed by atoms with van der Waals surface area (Å²) in [5, 5.41) is 1.11. The van der Waals surface area contributed by atoms with Gasteiger partial charge in [-0.1, -0.05) is 12.1 Å². The van der Waals surface area contributed by atoms with Gasteiger partial charge in [0.2, 0.25) is 5.88 Å². The first-order valence-electron chi connectivity index (χ1n) is 9.62. The molecule has 146 valence electrons. The molecule has 2 aliphatic rings. The number of aromatic nitrogens is 3.